The summed E-state index contributed by atoms with van der Waals surface area (Å²) in [5.74, 6) is -0.639. The molecule has 1 N–H and O–H groups in total. The molecule has 1 unspecified atom stereocenters. The van der Waals surface area contributed by atoms with E-state index in [4.69, 9.17) is 23.8 Å². The molecule has 2 aromatic rings. The molecule has 9 heteroatoms. The smallest absolute Gasteiger partial charge is 0.366 e. The second kappa shape index (κ2) is 6.94. The average molecular weight is 403 g/mol. The molecular weight excluding hydrogens is 392 g/mol. The van der Waals surface area contributed by atoms with Crippen molar-refractivity contribution in [2.45, 2.75) is 12.4 Å². The Balaban J connectivity index is 2.25. The Hall–Kier alpha value is -2.03. The highest BCUT2D eigenvalue weighted by molar-refractivity contribution is 7.80. The Morgan fingerprint density at radius 2 is 1.85 bits per heavy atom. The topological polar surface area (TPSA) is 35.8 Å². The normalized spacial score (nSPS) is 17.6. The van der Waals surface area contributed by atoms with Gasteiger partial charge in [0, 0.05) is 16.1 Å². The van der Waals surface area contributed by atoms with Crippen LogP contribution in [0.25, 0.3) is 0 Å². The van der Waals surface area contributed by atoms with Crippen LogP contribution in [0.2, 0.25) is 5.02 Å². The molecule has 1 aliphatic rings. The van der Waals surface area contributed by atoms with E-state index in [1.165, 1.54) is 36.4 Å². The lowest BCUT2D eigenvalue weighted by Crippen LogP contribution is -2.42. The number of alkyl halides is 3. The van der Waals surface area contributed by atoms with E-state index in [0.29, 0.717) is 0 Å². The molecule has 0 fully saturated rings. The van der Waals surface area contributed by atoms with Gasteiger partial charge in [-0.15, -0.1) is 0 Å². The standard InChI is InChI=1S/C17H11ClF4N2OS/c18-9-5-6-13-11(7-9)14(10-3-1-2-4-12(10)19)23-15(25)16(26)24(13)8-17(20,21)22/h1-7,15,25H,8H2. The number of benzodiazepines with no additional fused rings is 1. The molecular formula is C17H11ClF4N2OS. The number of hydrogen-bond donors (Lipinski definition) is 1. The van der Waals surface area contributed by atoms with Crippen LogP contribution in [0.15, 0.2) is 47.5 Å². The summed E-state index contributed by atoms with van der Waals surface area (Å²) in [7, 11) is 0. The third-order valence-electron chi connectivity index (χ3n) is 3.71. The molecule has 1 heterocycles. The summed E-state index contributed by atoms with van der Waals surface area (Å²) in [6, 6.07) is 9.71. The van der Waals surface area contributed by atoms with Gasteiger partial charge in [-0.3, -0.25) is 0 Å². The first-order valence-corrected chi connectivity index (χ1v) is 8.15. The summed E-state index contributed by atoms with van der Waals surface area (Å²) in [6.45, 7) is -1.42. The van der Waals surface area contributed by atoms with Crippen LogP contribution in [0.1, 0.15) is 11.1 Å². The van der Waals surface area contributed by atoms with Crippen LogP contribution >= 0.6 is 23.8 Å². The maximum atomic E-state index is 14.3. The zero-order valence-corrected chi connectivity index (χ0v) is 14.5. The molecule has 1 aliphatic heterocycles. The molecule has 0 bridgehead atoms. The molecule has 1 atom stereocenters. The Labute approximate surface area is 156 Å². The molecule has 2 aromatic carbocycles. The fraction of sp³-hybridized carbons (Fsp3) is 0.176. The molecule has 0 aliphatic carbocycles. The van der Waals surface area contributed by atoms with Crippen LogP contribution in [0.3, 0.4) is 0 Å². The summed E-state index contributed by atoms with van der Waals surface area (Å²) >= 11 is 11.0. The lowest BCUT2D eigenvalue weighted by atomic mass is 9.99. The summed E-state index contributed by atoms with van der Waals surface area (Å²) < 4.78 is 53.3. The molecule has 26 heavy (non-hydrogen) atoms. The average Bonchev–Trinajstić information content (AvgIpc) is 2.65. The van der Waals surface area contributed by atoms with Crippen molar-refractivity contribution in [3.8, 4) is 0 Å². The summed E-state index contributed by atoms with van der Waals surface area (Å²) in [5.41, 5.74) is 0.174. The van der Waals surface area contributed by atoms with Gasteiger partial charge in [-0.1, -0.05) is 36.0 Å². The first-order valence-electron chi connectivity index (χ1n) is 7.36. The van der Waals surface area contributed by atoms with Crippen molar-refractivity contribution in [2.24, 2.45) is 4.99 Å². The third-order valence-corrected chi connectivity index (χ3v) is 4.38. The lowest BCUT2D eigenvalue weighted by molar-refractivity contribution is -0.118. The van der Waals surface area contributed by atoms with Crippen LogP contribution in [0, 0.1) is 5.82 Å². The zero-order valence-electron chi connectivity index (χ0n) is 13.0. The summed E-state index contributed by atoms with van der Waals surface area (Å²) in [5, 5.41) is 10.4. The van der Waals surface area contributed by atoms with E-state index in [2.05, 4.69) is 4.99 Å². The van der Waals surface area contributed by atoms with Crippen molar-refractivity contribution in [1.29, 1.82) is 0 Å². The van der Waals surface area contributed by atoms with Gasteiger partial charge in [0.2, 0.25) is 0 Å². The Morgan fingerprint density at radius 3 is 2.50 bits per heavy atom. The number of hydrogen-bond acceptors (Lipinski definition) is 3. The molecule has 0 spiro atoms. The predicted octanol–water partition coefficient (Wildman–Crippen LogP) is 4.34. The number of halogens is 5. The largest absolute Gasteiger partial charge is 0.406 e. The van der Waals surface area contributed by atoms with Gasteiger partial charge in [0.25, 0.3) is 0 Å². The van der Waals surface area contributed by atoms with Crippen molar-refractivity contribution in [1.82, 2.24) is 0 Å². The van der Waals surface area contributed by atoms with Crippen LogP contribution in [-0.2, 0) is 0 Å². The van der Waals surface area contributed by atoms with Gasteiger partial charge in [0.05, 0.1) is 11.4 Å². The van der Waals surface area contributed by atoms with Crippen LogP contribution in [0.5, 0.6) is 0 Å². The van der Waals surface area contributed by atoms with Crippen molar-refractivity contribution in [3.05, 3.63) is 64.4 Å². The van der Waals surface area contributed by atoms with Crippen molar-refractivity contribution in [2.75, 3.05) is 11.4 Å². The fourth-order valence-electron chi connectivity index (χ4n) is 2.65. The fourth-order valence-corrected chi connectivity index (χ4v) is 3.04. The molecule has 0 saturated heterocycles. The number of aliphatic hydroxyl groups is 1. The summed E-state index contributed by atoms with van der Waals surface area (Å²) in [4.78, 5) is 4.28. The molecule has 0 radical (unpaired) electrons. The van der Waals surface area contributed by atoms with E-state index in [9.17, 15) is 22.7 Å². The number of benzene rings is 2. The first-order chi connectivity index (χ1) is 12.2. The van der Waals surface area contributed by atoms with E-state index in [0.717, 1.165) is 4.90 Å². The van der Waals surface area contributed by atoms with Gasteiger partial charge in [-0.05, 0) is 30.3 Å². The quantitative estimate of drug-likeness (QED) is 0.599. The molecule has 0 amide bonds. The van der Waals surface area contributed by atoms with Gasteiger partial charge in [0.1, 0.15) is 17.4 Å². The molecule has 3 nitrogen and oxygen atoms in total. The number of aliphatic hydroxyl groups excluding tert-OH is 1. The minimum absolute atomic E-state index is 0.0201. The van der Waals surface area contributed by atoms with Crippen LogP contribution in [0.4, 0.5) is 23.2 Å². The summed E-state index contributed by atoms with van der Waals surface area (Å²) in [6.07, 6.45) is -6.32. The Morgan fingerprint density at radius 1 is 1.15 bits per heavy atom. The highest BCUT2D eigenvalue weighted by Crippen LogP contribution is 2.33. The third kappa shape index (κ3) is 3.72. The van der Waals surface area contributed by atoms with E-state index < -0.39 is 29.8 Å². The number of fused-ring (bicyclic) bond motifs is 1. The van der Waals surface area contributed by atoms with E-state index in [1.807, 2.05) is 0 Å². The van der Waals surface area contributed by atoms with Crippen LogP contribution in [-0.4, -0.2) is 34.8 Å². The highest BCUT2D eigenvalue weighted by atomic mass is 35.5. The minimum Gasteiger partial charge on any atom is -0.366 e. The van der Waals surface area contributed by atoms with Crippen molar-refractivity contribution in [3.63, 3.8) is 0 Å². The van der Waals surface area contributed by atoms with E-state index in [-0.39, 0.29) is 27.5 Å². The minimum atomic E-state index is -4.58. The number of nitrogens with zero attached hydrogens (tertiary/aromatic N) is 2. The number of aliphatic imine (C=N–C) groups is 1. The predicted molar refractivity (Wildman–Crippen MR) is 95.5 cm³/mol. The highest BCUT2D eigenvalue weighted by Gasteiger charge is 2.37. The maximum Gasteiger partial charge on any atom is 0.406 e. The van der Waals surface area contributed by atoms with Gasteiger partial charge in [-0.2, -0.15) is 13.2 Å². The van der Waals surface area contributed by atoms with Gasteiger partial charge < -0.3 is 10.0 Å². The Kier molecular flexibility index (Phi) is 5.01. The zero-order chi connectivity index (χ0) is 19.1. The van der Waals surface area contributed by atoms with Gasteiger partial charge >= 0.3 is 6.18 Å². The van der Waals surface area contributed by atoms with Gasteiger partial charge in [0.15, 0.2) is 6.23 Å². The van der Waals surface area contributed by atoms with E-state index in [1.54, 1.807) is 6.07 Å². The number of rotatable bonds is 2. The van der Waals surface area contributed by atoms with Crippen molar-refractivity contribution < 1.29 is 22.7 Å². The van der Waals surface area contributed by atoms with Crippen LogP contribution < -0.4 is 4.90 Å². The SMILES string of the molecule is OC1N=C(c2ccccc2F)c2cc(Cl)ccc2N(CC(F)(F)F)C1=S. The molecule has 136 valence electrons. The first kappa shape index (κ1) is 18.8. The lowest BCUT2D eigenvalue weighted by Gasteiger charge is -2.27. The molecule has 0 aromatic heterocycles. The molecule has 0 saturated carbocycles. The Bertz CT molecular complexity index is 901. The number of anilines is 1. The van der Waals surface area contributed by atoms with E-state index >= 15 is 0 Å². The second-order valence-electron chi connectivity index (χ2n) is 5.53. The van der Waals surface area contributed by atoms with Gasteiger partial charge in [-0.25, -0.2) is 9.38 Å². The van der Waals surface area contributed by atoms with Crippen molar-refractivity contribution >= 4 is 40.2 Å². The number of thiocarbonyl (C=S) groups is 1. The monoisotopic (exact) mass is 402 g/mol. The maximum absolute atomic E-state index is 14.3. The molecule has 3 rings (SSSR count). The second-order valence-corrected chi connectivity index (χ2v) is 6.39.